The highest BCUT2D eigenvalue weighted by atomic mass is 32.2. The van der Waals surface area contributed by atoms with Crippen LogP contribution < -0.4 is 4.90 Å². The Morgan fingerprint density at radius 3 is 2.25 bits per heavy atom. The van der Waals surface area contributed by atoms with Gasteiger partial charge >= 0.3 is 0 Å². The molecule has 2 aromatic carbocycles. The van der Waals surface area contributed by atoms with Gasteiger partial charge in [-0.3, -0.25) is 9.69 Å². The topological polar surface area (TPSA) is 20.3 Å². The van der Waals surface area contributed by atoms with Gasteiger partial charge in [-0.25, -0.2) is 0 Å². The lowest BCUT2D eigenvalue weighted by Crippen LogP contribution is -2.31. The second kappa shape index (κ2) is 5.77. The monoisotopic (exact) mass is 299 g/mol. The Balaban J connectivity index is 1.81. The van der Waals surface area contributed by atoms with Crippen LogP contribution in [0.2, 0.25) is 0 Å². The second-order valence-electron chi connectivity index (χ2n) is 4.57. The van der Waals surface area contributed by atoms with E-state index in [4.69, 9.17) is 12.2 Å². The van der Waals surface area contributed by atoms with Crippen molar-refractivity contribution in [1.29, 1.82) is 0 Å². The lowest BCUT2D eigenvalue weighted by molar-refractivity contribution is -0.116. The molecule has 20 heavy (non-hydrogen) atoms. The first-order valence-corrected chi connectivity index (χ1v) is 7.68. The molecule has 4 heteroatoms. The van der Waals surface area contributed by atoms with Crippen LogP contribution in [0, 0.1) is 0 Å². The molecule has 0 aliphatic carbocycles. The fourth-order valence-electron chi connectivity index (χ4n) is 2.23. The molecule has 1 atom stereocenters. The number of thiocarbonyl (C=S) groups is 1. The molecule has 1 saturated heterocycles. The Morgan fingerprint density at radius 2 is 1.60 bits per heavy atom. The number of para-hydroxylation sites is 1. The fraction of sp³-hybridized carbons (Fsp3) is 0.125. The highest BCUT2D eigenvalue weighted by Gasteiger charge is 2.37. The second-order valence-corrected chi connectivity index (χ2v) is 6.41. The molecule has 3 rings (SSSR count). The number of rotatable bonds is 3. The number of hydrogen-bond acceptors (Lipinski definition) is 3. The molecule has 0 spiro atoms. The van der Waals surface area contributed by atoms with E-state index in [9.17, 15) is 4.79 Å². The van der Waals surface area contributed by atoms with Gasteiger partial charge in [0.25, 0.3) is 0 Å². The van der Waals surface area contributed by atoms with Crippen LogP contribution in [0.15, 0.2) is 60.7 Å². The van der Waals surface area contributed by atoms with Gasteiger partial charge in [-0.15, -0.1) is 0 Å². The summed E-state index contributed by atoms with van der Waals surface area (Å²) in [7, 11) is 0. The van der Waals surface area contributed by atoms with Crippen LogP contribution >= 0.6 is 24.0 Å². The Kier molecular flexibility index (Phi) is 3.85. The minimum absolute atomic E-state index is 0.0788. The van der Waals surface area contributed by atoms with Crippen LogP contribution in [0.1, 0.15) is 5.56 Å². The average molecular weight is 299 g/mol. The van der Waals surface area contributed by atoms with Gasteiger partial charge in [0.1, 0.15) is 4.32 Å². The Bertz CT molecular complexity index is 627. The molecule has 1 unspecified atom stereocenters. The summed E-state index contributed by atoms with van der Waals surface area (Å²) in [6.45, 7) is 0. The number of benzene rings is 2. The van der Waals surface area contributed by atoms with Crippen molar-refractivity contribution < 1.29 is 4.79 Å². The highest BCUT2D eigenvalue weighted by Crippen LogP contribution is 2.33. The van der Waals surface area contributed by atoms with Crippen molar-refractivity contribution in [3.8, 4) is 0 Å². The predicted octanol–water partition coefficient (Wildman–Crippen LogP) is 3.66. The number of amides is 1. The third kappa shape index (κ3) is 2.62. The lowest BCUT2D eigenvalue weighted by atomic mass is 10.1. The smallest absolute Gasteiger partial charge is 0.246 e. The fourth-order valence-corrected chi connectivity index (χ4v) is 3.80. The van der Waals surface area contributed by atoms with Crippen molar-refractivity contribution >= 4 is 39.9 Å². The molecule has 1 fully saturated rings. The molecule has 0 N–H and O–H groups in total. The summed E-state index contributed by atoms with van der Waals surface area (Å²) in [6, 6.07) is 19.6. The third-order valence-corrected chi connectivity index (χ3v) is 4.71. The van der Waals surface area contributed by atoms with Gasteiger partial charge in [0, 0.05) is 0 Å². The van der Waals surface area contributed by atoms with Crippen molar-refractivity contribution in [2.24, 2.45) is 0 Å². The van der Waals surface area contributed by atoms with E-state index in [1.54, 1.807) is 4.90 Å². The molecule has 2 nitrogen and oxygen atoms in total. The Hall–Kier alpha value is -1.65. The van der Waals surface area contributed by atoms with Crippen molar-refractivity contribution in [1.82, 2.24) is 0 Å². The number of anilines is 1. The molecule has 0 bridgehead atoms. The average Bonchev–Trinajstić information content (AvgIpc) is 2.75. The summed E-state index contributed by atoms with van der Waals surface area (Å²) < 4.78 is 0.641. The summed E-state index contributed by atoms with van der Waals surface area (Å²) in [5.41, 5.74) is 2.02. The van der Waals surface area contributed by atoms with Crippen LogP contribution in [0.5, 0.6) is 0 Å². The molecular formula is C16H13NOS2. The number of nitrogens with zero attached hydrogens (tertiary/aromatic N) is 1. The summed E-state index contributed by atoms with van der Waals surface area (Å²) in [4.78, 5) is 14.2. The molecule has 1 aliphatic rings. The van der Waals surface area contributed by atoms with E-state index in [-0.39, 0.29) is 11.2 Å². The third-order valence-electron chi connectivity index (χ3n) is 3.20. The molecule has 100 valence electrons. The van der Waals surface area contributed by atoms with Crippen LogP contribution in [0.3, 0.4) is 0 Å². The molecule has 2 aromatic rings. The first-order chi connectivity index (χ1) is 9.75. The first-order valence-electron chi connectivity index (χ1n) is 6.39. The Morgan fingerprint density at radius 1 is 1.00 bits per heavy atom. The quantitative estimate of drug-likeness (QED) is 0.807. The summed E-state index contributed by atoms with van der Waals surface area (Å²) in [5.74, 6) is 0.0788. The number of thioether (sulfide) groups is 1. The van der Waals surface area contributed by atoms with Crippen LogP contribution in [-0.2, 0) is 11.2 Å². The number of carbonyl (C=O) groups is 1. The standard InChI is InChI=1S/C16H13NOS2/c18-15-14(11-12-7-3-1-4-8-12)20-16(19)17(15)13-9-5-2-6-10-13/h1-10,14H,11H2. The van der Waals surface area contributed by atoms with Gasteiger partial charge in [0.05, 0.1) is 10.9 Å². The molecule has 1 heterocycles. The van der Waals surface area contributed by atoms with Gasteiger partial charge in [-0.1, -0.05) is 72.5 Å². The predicted molar refractivity (Wildman–Crippen MR) is 88.1 cm³/mol. The van der Waals surface area contributed by atoms with Crippen LogP contribution in [0.25, 0.3) is 0 Å². The lowest BCUT2D eigenvalue weighted by Gasteiger charge is -2.15. The Labute approximate surface area is 127 Å². The van der Waals surface area contributed by atoms with Crippen LogP contribution in [0.4, 0.5) is 5.69 Å². The molecule has 0 aromatic heterocycles. The summed E-state index contributed by atoms with van der Waals surface area (Å²) >= 11 is 6.84. The normalized spacial score (nSPS) is 18.6. The van der Waals surface area contributed by atoms with Crippen molar-refractivity contribution in [3.63, 3.8) is 0 Å². The van der Waals surface area contributed by atoms with Gasteiger partial charge in [-0.05, 0) is 24.1 Å². The van der Waals surface area contributed by atoms with Gasteiger partial charge < -0.3 is 0 Å². The van der Waals surface area contributed by atoms with E-state index < -0.39 is 0 Å². The van der Waals surface area contributed by atoms with E-state index in [0.29, 0.717) is 10.7 Å². The largest absolute Gasteiger partial charge is 0.273 e. The first kappa shape index (κ1) is 13.3. The van der Waals surface area contributed by atoms with Gasteiger partial charge in [-0.2, -0.15) is 0 Å². The van der Waals surface area contributed by atoms with Crippen LogP contribution in [-0.4, -0.2) is 15.5 Å². The number of carbonyl (C=O) groups excluding carboxylic acids is 1. The minimum Gasteiger partial charge on any atom is -0.273 e. The van der Waals surface area contributed by atoms with E-state index in [1.807, 2.05) is 60.7 Å². The zero-order valence-corrected chi connectivity index (χ0v) is 12.4. The molecule has 0 saturated carbocycles. The molecule has 0 radical (unpaired) electrons. The maximum atomic E-state index is 12.5. The maximum Gasteiger partial charge on any atom is 0.246 e. The van der Waals surface area contributed by atoms with Crippen molar-refractivity contribution in [2.75, 3.05) is 4.90 Å². The maximum absolute atomic E-state index is 12.5. The zero-order chi connectivity index (χ0) is 13.9. The SMILES string of the molecule is O=C1C(Cc2ccccc2)SC(=S)N1c1ccccc1. The summed E-state index contributed by atoms with van der Waals surface area (Å²) in [5, 5.41) is -0.120. The van der Waals surface area contributed by atoms with E-state index >= 15 is 0 Å². The zero-order valence-electron chi connectivity index (χ0n) is 10.7. The van der Waals surface area contributed by atoms with E-state index in [1.165, 1.54) is 11.8 Å². The van der Waals surface area contributed by atoms with Crippen molar-refractivity contribution in [3.05, 3.63) is 66.2 Å². The molecule has 1 amide bonds. The van der Waals surface area contributed by atoms with E-state index in [0.717, 1.165) is 11.3 Å². The van der Waals surface area contributed by atoms with E-state index in [2.05, 4.69) is 0 Å². The van der Waals surface area contributed by atoms with Crippen molar-refractivity contribution in [2.45, 2.75) is 11.7 Å². The van der Waals surface area contributed by atoms with Gasteiger partial charge in [0.2, 0.25) is 5.91 Å². The minimum atomic E-state index is -0.120. The summed E-state index contributed by atoms with van der Waals surface area (Å²) in [6.07, 6.45) is 0.716. The molecule has 1 aliphatic heterocycles. The highest BCUT2D eigenvalue weighted by molar-refractivity contribution is 8.25. The number of hydrogen-bond donors (Lipinski definition) is 0. The van der Waals surface area contributed by atoms with Gasteiger partial charge in [0.15, 0.2) is 0 Å². The molecular weight excluding hydrogens is 286 g/mol.